The number of fused-ring (bicyclic) bond motifs is 1. The second-order valence-corrected chi connectivity index (χ2v) is 6.33. The molecule has 0 spiro atoms. The molecule has 0 aliphatic rings. The predicted molar refractivity (Wildman–Crippen MR) is 97.6 cm³/mol. The first-order chi connectivity index (χ1) is 11.9. The van der Waals surface area contributed by atoms with Gasteiger partial charge in [0.25, 0.3) is 0 Å². The molecule has 130 valence electrons. The average Bonchev–Trinajstić information content (AvgIpc) is 2.85. The lowest BCUT2D eigenvalue weighted by Crippen LogP contribution is -2.39. The summed E-state index contributed by atoms with van der Waals surface area (Å²) in [6.07, 6.45) is 0. The quantitative estimate of drug-likeness (QED) is 0.766. The first-order valence-electron chi connectivity index (χ1n) is 8.24. The lowest BCUT2D eigenvalue weighted by molar-refractivity contribution is 0.247. The number of nitrogens with one attached hydrogen (secondary N) is 2. The zero-order valence-corrected chi connectivity index (χ0v) is 14.9. The van der Waals surface area contributed by atoms with E-state index in [4.69, 9.17) is 0 Å². The molecule has 0 saturated heterocycles. The lowest BCUT2D eigenvalue weighted by atomic mass is 10.2. The molecule has 0 bridgehead atoms. The maximum Gasteiger partial charge on any atom is 0.319 e. The van der Waals surface area contributed by atoms with Crippen molar-refractivity contribution in [1.29, 1.82) is 0 Å². The van der Waals surface area contributed by atoms with Crippen LogP contribution in [0.15, 0.2) is 30.3 Å². The fourth-order valence-electron chi connectivity index (χ4n) is 2.82. The number of anilines is 1. The highest BCUT2D eigenvalue weighted by Crippen LogP contribution is 2.21. The van der Waals surface area contributed by atoms with Gasteiger partial charge in [-0.2, -0.15) is 15.3 Å². The van der Waals surface area contributed by atoms with Crippen LogP contribution in [0.2, 0.25) is 0 Å². The highest BCUT2D eigenvalue weighted by molar-refractivity contribution is 6.00. The fraction of sp³-hybridized carbons (Fsp3) is 0.333. The summed E-state index contributed by atoms with van der Waals surface area (Å²) in [6.45, 7) is 8.41. The number of amides is 2. The van der Waals surface area contributed by atoms with Crippen molar-refractivity contribution in [2.45, 2.75) is 40.3 Å². The van der Waals surface area contributed by atoms with Gasteiger partial charge in [0.2, 0.25) is 0 Å². The van der Waals surface area contributed by atoms with Crippen LogP contribution in [0.4, 0.5) is 10.5 Å². The van der Waals surface area contributed by atoms with E-state index in [9.17, 15) is 4.79 Å². The van der Waals surface area contributed by atoms with Crippen LogP contribution >= 0.6 is 0 Å². The Balaban J connectivity index is 1.68. The number of hydrogen-bond acceptors (Lipinski definition) is 4. The zero-order chi connectivity index (χ0) is 18.0. The van der Waals surface area contributed by atoms with Crippen LogP contribution < -0.4 is 10.6 Å². The van der Waals surface area contributed by atoms with Crippen molar-refractivity contribution in [2.24, 2.45) is 0 Å². The van der Waals surface area contributed by atoms with Crippen molar-refractivity contribution in [2.75, 3.05) is 5.32 Å². The van der Waals surface area contributed by atoms with Gasteiger partial charge in [0.15, 0.2) is 0 Å². The summed E-state index contributed by atoms with van der Waals surface area (Å²) in [7, 11) is 0. The van der Waals surface area contributed by atoms with Crippen LogP contribution in [-0.4, -0.2) is 32.1 Å². The molecule has 25 heavy (non-hydrogen) atoms. The number of carbonyl (C=O) groups excluding carboxylic acids is 1. The van der Waals surface area contributed by atoms with Crippen LogP contribution in [0.5, 0.6) is 0 Å². The lowest BCUT2D eigenvalue weighted by Gasteiger charge is -2.16. The van der Waals surface area contributed by atoms with E-state index in [1.54, 1.807) is 0 Å². The van der Waals surface area contributed by atoms with Gasteiger partial charge in [-0.05, 0) is 52.0 Å². The molecule has 2 heterocycles. The molecule has 2 amide bonds. The van der Waals surface area contributed by atoms with Gasteiger partial charge in [-0.15, -0.1) is 0 Å². The van der Waals surface area contributed by atoms with E-state index in [1.807, 2.05) is 62.7 Å². The van der Waals surface area contributed by atoms with Gasteiger partial charge in [0.05, 0.1) is 29.1 Å². The molecule has 2 aromatic heterocycles. The third-order valence-electron chi connectivity index (χ3n) is 3.93. The smallest absolute Gasteiger partial charge is 0.319 e. The monoisotopic (exact) mass is 338 g/mol. The second-order valence-electron chi connectivity index (χ2n) is 6.33. The minimum atomic E-state index is -0.254. The number of aryl methyl sites for hydroxylation is 3. The summed E-state index contributed by atoms with van der Waals surface area (Å²) in [5.41, 5.74) is 4.32. The number of nitrogens with zero attached hydrogens (tertiary/aromatic N) is 4. The average molecular weight is 338 g/mol. The third kappa shape index (κ3) is 3.93. The van der Waals surface area contributed by atoms with E-state index in [-0.39, 0.29) is 12.1 Å². The predicted octanol–water partition coefficient (Wildman–Crippen LogP) is 2.96. The van der Waals surface area contributed by atoms with Crippen LogP contribution in [-0.2, 0) is 6.54 Å². The molecule has 1 aromatic carbocycles. The van der Waals surface area contributed by atoms with Crippen molar-refractivity contribution >= 4 is 22.6 Å². The minimum absolute atomic E-state index is 0.0606. The first kappa shape index (κ1) is 16.9. The molecule has 0 saturated carbocycles. The van der Waals surface area contributed by atoms with Gasteiger partial charge < -0.3 is 10.6 Å². The van der Waals surface area contributed by atoms with Crippen LogP contribution in [0.3, 0.4) is 0 Å². The number of aromatic nitrogens is 4. The standard InChI is InChI=1S/C18H22N6O/c1-11-9-15-16(6-5-7-17(15)22-21-11)20-18(25)19-13(3)10-24-14(4)8-12(2)23-24/h5-9,13H,10H2,1-4H3,(H2,19,20,25). The molecule has 3 rings (SSSR count). The number of benzene rings is 1. The van der Waals surface area contributed by atoms with E-state index in [2.05, 4.69) is 25.9 Å². The molecule has 0 fully saturated rings. The Morgan fingerprint density at radius 3 is 2.68 bits per heavy atom. The molecule has 0 aliphatic heterocycles. The first-order valence-corrected chi connectivity index (χ1v) is 8.24. The van der Waals surface area contributed by atoms with Gasteiger partial charge in [-0.3, -0.25) is 4.68 Å². The molecule has 1 atom stereocenters. The van der Waals surface area contributed by atoms with Gasteiger partial charge in [-0.25, -0.2) is 4.79 Å². The van der Waals surface area contributed by atoms with Crippen molar-refractivity contribution in [3.8, 4) is 0 Å². The Hall–Kier alpha value is -2.96. The SMILES string of the molecule is Cc1cc2c(NC(=O)NC(C)Cn3nc(C)cc3C)cccc2nn1. The maximum absolute atomic E-state index is 12.3. The van der Waals surface area contributed by atoms with E-state index in [1.165, 1.54) is 0 Å². The summed E-state index contributed by atoms with van der Waals surface area (Å²) < 4.78 is 1.90. The molecule has 7 nitrogen and oxygen atoms in total. The van der Waals surface area contributed by atoms with Gasteiger partial charge in [0, 0.05) is 17.1 Å². The molecular formula is C18H22N6O. The molecule has 3 aromatic rings. The summed E-state index contributed by atoms with van der Waals surface area (Å²) in [6, 6.07) is 9.20. The van der Waals surface area contributed by atoms with Crippen LogP contribution in [0.25, 0.3) is 10.9 Å². The van der Waals surface area contributed by atoms with Crippen molar-refractivity contribution in [3.63, 3.8) is 0 Å². The van der Waals surface area contributed by atoms with Crippen LogP contribution in [0, 0.1) is 20.8 Å². The molecule has 0 aliphatic carbocycles. The fourth-order valence-corrected chi connectivity index (χ4v) is 2.82. The zero-order valence-electron chi connectivity index (χ0n) is 14.9. The number of urea groups is 1. The third-order valence-corrected chi connectivity index (χ3v) is 3.93. The maximum atomic E-state index is 12.3. The highest BCUT2D eigenvalue weighted by Gasteiger charge is 2.12. The highest BCUT2D eigenvalue weighted by atomic mass is 16.2. The molecule has 2 N–H and O–H groups in total. The Labute approximate surface area is 146 Å². The normalized spacial score (nSPS) is 12.2. The van der Waals surface area contributed by atoms with Gasteiger partial charge in [-0.1, -0.05) is 6.07 Å². The molecule has 0 radical (unpaired) electrons. The summed E-state index contributed by atoms with van der Waals surface area (Å²) in [5.74, 6) is 0. The van der Waals surface area contributed by atoms with E-state index >= 15 is 0 Å². The largest absolute Gasteiger partial charge is 0.334 e. The van der Waals surface area contributed by atoms with Crippen molar-refractivity contribution in [3.05, 3.63) is 47.4 Å². The Kier molecular flexibility index (Phi) is 4.65. The molecular weight excluding hydrogens is 316 g/mol. The Morgan fingerprint density at radius 1 is 1.16 bits per heavy atom. The van der Waals surface area contributed by atoms with E-state index in [0.29, 0.717) is 12.2 Å². The Bertz CT molecular complexity index is 917. The van der Waals surface area contributed by atoms with E-state index in [0.717, 1.165) is 28.0 Å². The molecule has 1 unspecified atom stereocenters. The van der Waals surface area contributed by atoms with Crippen LogP contribution in [0.1, 0.15) is 24.0 Å². The topological polar surface area (TPSA) is 84.7 Å². The number of rotatable bonds is 4. The van der Waals surface area contributed by atoms with E-state index < -0.39 is 0 Å². The van der Waals surface area contributed by atoms with Gasteiger partial charge >= 0.3 is 6.03 Å². The summed E-state index contributed by atoms with van der Waals surface area (Å²) >= 11 is 0. The minimum Gasteiger partial charge on any atom is -0.334 e. The van der Waals surface area contributed by atoms with Gasteiger partial charge in [0.1, 0.15) is 0 Å². The summed E-state index contributed by atoms with van der Waals surface area (Å²) in [4.78, 5) is 12.3. The van der Waals surface area contributed by atoms with Crippen molar-refractivity contribution in [1.82, 2.24) is 25.3 Å². The second kappa shape index (κ2) is 6.88. The summed E-state index contributed by atoms with van der Waals surface area (Å²) in [5, 5.41) is 19.3. The Morgan fingerprint density at radius 2 is 1.96 bits per heavy atom. The number of carbonyl (C=O) groups is 1. The number of hydrogen-bond donors (Lipinski definition) is 2. The van der Waals surface area contributed by atoms with Crippen molar-refractivity contribution < 1.29 is 4.79 Å². The molecule has 7 heteroatoms.